The number of imidazole rings is 1. The first-order valence-corrected chi connectivity index (χ1v) is 6.58. The zero-order chi connectivity index (χ0) is 13.0. The molecule has 1 N–H and O–H groups in total. The summed E-state index contributed by atoms with van der Waals surface area (Å²) in [4.78, 5) is 18.1. The van der Waals surface area contributed by atoms with Crippen LogP contribution in [-0.2, 0) is 0 Å². The van der Waals surface area contributed by atoms with Gasteiger partial charge < -0.3 is 10.2 Å². The molecule has 18 heavy (non-hydrogen) atoms. The molecule has 1 fully saturated rings. The van der Waals surface area contributed by atoms with E-state index in [0.29, 0.717) is 6.54 Å². The largest absolute Gasteiger partial charge is 0.336 e. The number of hydrogen-bond acceptors (Lipinski definition) is 3. The van der Waals surface area contributed by atoms with Crippen molar-refractivity contribution in [2.24, 2.45) is 0 Å². The molecule has 2 rings (SSSR count). The number of rotatable bonds is 3. The molecule has 1 heterocycles. The summed E-state index contributed by atoms with van der Waals surface area (Å²) in [6.45, 7) is 0.705. The lowest BCUT2D eigenvalue weighted by Crippen LogP contribution is -2.54. The van der Waals surface area contributed by atoms with E-state index in [1.165, 1.54) is 30.2 Å². The smallest absolute Gasteiger partial charge is 0.326 e. The van der Waals surface area contributed by atoms with Crippen LogP contribution in [0.25, 0.3) is 0 Å². The highest BCUT2D eigenvalue weighted by molar-refractivity contribution is 5.76. The minimum Gasteiger partial charge on any atom is -0.336 e. The molecule has 0 aliphatic heterocycles. The molecule has 0 spiro atoms. The van der Waals surface area contributed by atoms with Crippen LogP contribution in [-0.4, -0.2) is 46.7 Å². The maximum Gasteiger partial charge on any atom is 0.326 e. The van der Waals surface area contributed by atoms with Crippen LogP contribution in [0.5, 0.6) is 0 Å². The van der Waals surface area contributed by atoms with Crippen molar-refractivity contribution in [2.75, 3.05) is 20.6 Å². The summed E-state index contributed by atoms with van der Waals surface area (Å²) in [6.07, 6.45) is 10.9. The van der Waals surface area contributed by atoms with Crippen LogP contribution in [0.1, 0.15) is 32.1 Å². The van der Waals surface area contributed by atoms with Gasteiger partial charge in [0.2, 0.25) is 0 Å². The number of carbonyl (C=O) groups is 1. The van der Waals surface area contributed by atoms with Crippen LogP contribution in [0.15, 0.2) is 18.7 Å². The first-order valence-electron chi connectivity index (χ1n) is 6.58. The first kappa shape index (κ1) is 13.1. The third kappa shape index (κ3) is 2.72. The number of aromatic nitrogens is 2. The van der Waals surface area contributed by atoms with Gasteiger partial charge in [0.25, 0.3) is 0 Å². The van der Waals surface area contributed by atoms with E-state index >= 15 is 0 Å². The van der Waals surface area contributed by atoms with Gasteiger partial charge in [0.15, 0.2) is 0 Å². The lowest BCUT2D eigenvalue weighted by atomic mass is 9.80. The molecule has 1 amide bonds. The molecule has 5 nitrogen and oxygen atoms in total. The van der Waals surface area contributed by atoms with E-state index in [1.54, 1.807) is 12.4 Å². The van der Waals surface area contributed by atoms with Crippen molar-refractivity contribution in [2.45, 2.75) is 37.6 Å². The molecule has 1 aromatic rings. The third-order valence-corrected chi connectivity index (χ3v) is 4.04. The Morgan fingerprint density at radius 1 is 1.39 bits per heavy atom. The van der Waals surface area contributed by atoms with Gasteiger partial charge >= 0.3 is 6.03 Å². The van der Waals surface area contributed by atoms with Crippen molar-refractivity contribution >= 4 is 6.03 Å². The summed E-state index contributed by atoms with van der Waals surface area (Å²) in [6, 6.07) is -0.0979. The molecule has 0 bridgehead atoms. The second kappa shape index (κ2) is 5.52. The lowest BCUT2D eigenvalue weighted by Gasteiger charge is -2.43. The Morgan fingerprint density at radius 2 is 2.11 bits per heavy atom. The standard InChI is InChI=1S/C13H22N4O/c1-16(2)13(6-4-3-5-7-13)10-15-12(18)17-9-8-14-11-17/h8-9,11H,3-7,10H2,1-2H3,(H,15,18). The van der Waals surface area contributed by atoms with Gasteiger partial charge in [-0.25, -0.2) is 9.78 Å². The normalized spacial score (nSPS) is 18.8. The van der Waals surface area contributed by atoms with Crippen molar-refractivity contribution in [3.63, 3.8) is 0 Å². The summed E-state index contributed by atoms with van der Waals surface area (Å²) in [7, 11) is 4.21. The van der Waals surface area contributed by atoms with E-state index in [0.717, 1.165) is 12.8 Å². The highest BCUT2D eigenvalue weighted by Crippen LogP contribution is 2.31. The predicted octanol–water partition coefficient (Wildman–Crippen LogP) is 1.71. The Bertz CT molecular complexity index is 380. The fraction of sp³-hybridized carbons (Fsp3) is 0.692. The van der Waals surface area contributed by atoms with E-state index in [1.807, 2.05) is 0 Å². The SMILES string of the molecule is CN(C)C1(CNC(=O)n2ccnc2)CCCCC1. The van der Waals surface area contributed by atoms with Crippen molar-refractivity contribution in [1.29, 1.82) is 0 Å². The minimum absolute atomic E-state index is 0.0979. The van der Waals surface area contributed by atoms with Crippen LogP contribution in [0.2, 0.25) is 0 Å². The Morgan fingerprint density at radius 3 is 2.67 bits per heavy atom. The van der Waals surface area contributed by atoms with Gasteiger partial charge in [-0.2, -0.15) is 0 Å². The number of carbonyl (C=O) groups excluding carboxylic acids is 1. The van der Waals surface area contributed by atoms with Gasteiger partial charge in [0.1, 0.15) is 6.33 Å². The number of nitrogens with one attached hydrogen (secondary N) is 1. The van der Waals surface area contributed by atoms with Crippen LogP contribution in [0.3, 0.4) is 0 Å². The van der Waals surface area contributed by atoms with Crippen LogP contribution < -0.4 is 5.32 Å². The second-order valence-electron chi connectivity index (χ2n) is 5.31. The third-order valence-electron chi connectivity index (χ3n) is 4.04. The van der Waals surface area contributed by atoms with Crippen LogP contribution >= 0.6 is 0 Å². The quantitative estimate of drug-likeness (QED) is 0.888. The van der Waals surface area contributed by atoms with E-state index in [9.17, 15) is 4.79 Å². The molecule has 0 atom stereocenters. The van der Waals surface area contributed by atoms with Gasteiger partial charge in [0.05, 0.1) is 0 Å². The topological polar surface area (TPSA) is 50.2 Å². The number of likely N-dealkylation sites (N-methyl/N-ethyl adjacent to an activating group) is 1. The van der Waals surface area contributed by atoms with Crippen LogP contribution in [0, 0.1) is 0 Å². The van der Waals surface area contributed by atoms with E-state index in [2.05, 4.69) is 29.3 Å². The Labute approximate surface area is 108 Å². The van der Waals surface area contributed by atoms with Crippen molar-refractivity contribution in [3.05, 3.63) is 18.7 Å². The predicted molar refractivity (Wildman–Crippen MR) is 70.5 cm³/mol. The molecule has 5 heteroatoms. The molecule has 0 saturated heterocycles. The first-order chi connectivity index (χ1) is 8.64. The number of amides is 1. The zero-order valence-corrected chi connectivity index (χ0v) is 11.2. The van der Waals surface area contributed by atoms with Crippen LogP contribution in [0.4, 0.5) is 4.79 Å². The highest BCUT2D eigenvalue weighted by Gasteiger charge is 2.34. The molecule has 1 aliphatic rings. The van der Waals surface area contributed by atoms with Gasteiger partial charge in [-0.3, -0.25) is 4.57 Å². The Balaban J connectivity index is 1.96. The van der Waals surface area contributed by atoms with E-state index in [-0.39, 0.29) is 11.6 Å². The van der Waals surface area contributed by atoms with E-state index < -0.39 is 0 Å². The van der Waals surface area contributed by atoms with Gasteiger partial charge in [0, 0.05) is 24.5 Å². The zero-order valence-electron chi connectivity index (χ0n) is 11.2. The van der Waals surface area contributed by atoms with E-state index in [4.69, 9.17) is 0 Å². The second-order valence-corrected chi connectivity index (χ2v) is 5.31. The molecule has 0 aromatic carbocycles. The molecule has 1 saturated carbocycles. The minimum atomic E-state index is -0.0979. The fourth-order valence-electron chi connectivity index (χ4n) is 2.70. The molecule has 1 aromatic heterocycles. The summed E-state index contributed by atoms with van der Waals surface area (Å²) in [5.74, 6) is 0. The maximum absolute atomic E-state index is 11.9. The molecule has 1 aliphatic carbocycles. The van der Waals surface area contributed by atoms with Gasteiger partial charge in [-0.05, 0) is 26.9 Å². The summed E-state index contributed by atoms with van der Waals surface area (Å²) >= 11 is 0. The Kier molecular flexibility index (Phi) is 4.01. The fourth-order valence-corrected chi connectivity index (χ4v) is 2.70. The van der Waals surface area contributed by atoms with Crippen molar-refractivity contribution < 1.29 is 4.79 Å². The molecule has 100 valence electrons. The highest BCUT2D eigenvalue weighted by atomic mass is 16.2. The number of hydrogen-bond donors (Lipinski definition) is 1. The molecular formula is C13H22N4O. The Hall–Kier alpha value is -1.36. The summed E-state index contributed by atoms with van der Waals surface area (Å²) in [5, 5.41) is 3.02. The lowest BCUT2D eigenvalue weighted by molar-refractivity contribution is 0.101. The average molecular weight is 250 g/mol. The molecular weight excluding hydrogens is 228 g/mol. The average Bonchev–Trinajstić information content (AvgIpc) is 2.91. The van der Waals surface area contributed by atoms with Gasteiger partial charge in [-0.15, -0.1) is 0 Å². The summed E-state index contributed by atoms with van der Waals surface area (Å²) < 4.78 is 1.48. The summed E-state index contributed by atoms with van der Waals surface area (Å²) in [5.41, 5.74) is 0.120. The van der Waals surface area contributed by atoms with Crippen molar-refractivity contribution in [1.82, 2.24) is 19.8 Å². The maximum atomic E-state index is 11.9. The molecule has 0 radical (unpaired) electrons. The van der Waals surface area contributed by atoms with Crippen molar-refractivity contribution in [3.8, 4) is 0 Å². The van der Waals surface area contributed by atoms with Gasteiger partial charge in [-0.1, -0.05) is 19.3 Å². The monoisotopic (exact) mass is 250 g/mol. The molecule has 0 unspecified atom stereocenters. The number of nitrogens with zero attached hydrogens (tertiary/aromatic N) is 3.